The normalized spacial score (nSPS) is 10.3. The Bertz CT molecular complexity index is 989. The molecule has 0 fully saturated rings. The van der Waals surface area contributed by atoms with Crippen LogP contribution in [0.25, 0.3) is 0 Å². The van der Waals surface area contributed by atoms with Gasteiger partial charge in [0.25, 0.3) is 11.8 Å². The van der Waals surface area contributed by atoms with E-state index in [2.05, 4.69) is 10.6 Å². The minimum absolute atomic E-state index is 0.0461. The Labute approximate surface area is 175 Å². The number of amides is 2. The van der Waals surface area contributed by atoms with Gasteiger partial charge in [-0.15, -0.1) is 0 Å². The molecule has 0 aromatic heterocycles. The number of para-hydroxylation sites is 1. The average Bonchev–Trinajstić information content (AvgIpc) is 2.78. The second kappa shape index (κ2) is 10.7. The van der Waals surface area contributed by atoms with E-state index in [1.54, 1.807) is 18.2 Å². The van der Waals surface area contributed by atoms with Crippen molar-refractivity contribution in [1.82, 2.24) is 10.6 Å². The minimum atomic E-state index is -0.263. The fraction of sp³-hybridized carbons (Fsp3) is 0.167. The van der Waals surface area contributed by atoms with E-state index in [9.17, 15) is 14.7 Å². The number of phenols is 1. The number of carbonyl (C=O) groups excluding carboxylic acids is 2. The molecule has 0 aliphatic rings. The predicted octanol–water partition coefficient (Wildman–Crippen LogP) is 3.52. The Kier molecular flexibility index (Phi) is 7.44. The first-order valence-electron chi connectivity index (χ1n) is 9.74. The van der Waals surface area contributed by atoms with Gasteiger partial charge in [0.05, 0.1) is 0 Å². The molecule has 0 aliphatic heterocycles. The Hall–Kier alpha value is -3.80. The van der Waals surface area contributed by atoms with Crippen molar-refractivity contribution in [3.63, 3.8) is 0 Å². The van der Waals surface area contributed by atoms with Crippen LogP contribution in [0.3, 0.4) is 0 Å². The predicted molar refractivity (Wildman–Crippen MR) is 115 cm³/mol. The molecule has 0 atom stereocenters. The highest BCUT2D eigenvalue weighted by Crippen LogP contribution is 2.15. The SMILES string of the molecule is O=C(NCCCNC(=O)c1ccccc1COc1ccccc1)c1cccc(O)c1. The average molecular weight is 404 g/mol. The maximum Gasteiger partial charge on any atom is 0.251 e. The van der Waals surface area contributed by atoms with Gasteiger partial charge in [-0.05, 0) is 42.8 Å². The Morgan fingerprint density at radius 3 is 2.27 bits per heavy atom. The van der Waals surface area contributed by atoms with Crippen molar-refractivity contribution in [2.45, 2.75) is 13.0 Å². The smallest absolute Gasteiger partial charge is 0.251 e. The van der Waals surface area contributed by atoms with E-state index in [0.29, 0.717) is 37.2 Å². The van der Waals surface area contributed by atoms with Crippen molar-refractivity contribution < 1.29 is 19.4 Å². The molecular formula is C24H24N2O4. The van der Waals surface area contributed by atoms with Crippen molar-refractivity contribution in [3.8, 4) is 11.5 Å². The molecule has 0 saturated carbocycles. The van der Waals surface area contributed by atoms with Crippen molar-refractivity contribution in [2.24, 2.45) is 0 Å². The molecule has 3 rings (SSSR count). The maximum atomic E-state index is 12.6. The van der Waals surface area contributed by atoms with Crippen LogP contribution < -0.4 is 15.4 Å². The lowest BCUT2D eigenvalue weighted by atomic mass is 10.1. The van der Waals surface area contributed by atoms with Gasteiger partial charge >= 0.3 is 0 Å². The first-order valence-corrected chi connectivity index (χ1v) is 9.74. The quantitative estimate of drug-likeness (QED) is 0.476. The van der Waals surface area contributed by atoms with E-state index >= 15 is 0 Å². The summed E-state index contributed by atoms with van der Waals surface area (Å²) in [6.45, 7) is 1.13. The summed E-state index contributed by atoms with van der Waals surface area (Å²) in [7, 11) is 0. The Morgan fingerprint density at radius 2 is 1.50 bits per heavy atom. The number of carbonyl (C=O) groups is 2. The monoisotopic (exact) mass is 404 g/mol. The van der Waals surface area contributed by atoms with Crippen LogP contribution in [0, 0.1) is 0 Å². The molecule has 0 radical (unpaired) electrons. The molecule has 0 saturated heterocycles. The number of rotatable bonds is 9. The van der Waals surface area contributed by atoms with Crippen LogP contribution in [0.5, 0.6) is 11.5 Å². The van der Waals surface area contributed by atoms with Gasteiger partial charge in [0, 0.05) is 29.8 Å². The Morgan fingerprint density at radius 1 is 0.800 bits per heavy atom. The van der Waals surface area contributed by atoms with E-state index < -0.39 is 0 Å². The highest BCUT2D eigenvalue weighted by Gasteiger charge is 2.11. The molecule has 30 heavy (non-hydrogen) atoms. The third kappa shape index (κ3) is 6.10. The van der Waals surface area contributed by atoms with Gasteiger partial charge in [-0.3, -0.25) is 9.59 Å². The molecule has 0 unspecified atom stereocenters. The van der Waals surface area contributed by atoms with Crippen LogP contribution >= 0.6 is 0 Å². The molecule has 6 heteroatoms. The first-order chi connectivity index (χ1) is 14.6. The van der Waals surface area contributed by atoms with E-state index in [1.165, 1.54) is 12.1 Å². The van der Waals surface area contributed by atoms with Gasteiger partial charge in [0.2, 0.25) is 0 Å². The lowest BCUT2D eigenvalue weighted by molar-refractivity contribution is 0.0950. The van der Waals surface area contributed by atoms with Crippen LogP contribution in [0.15, 0.2) is 78.9 Å². The maximum absolute atomic E-state index is 12.6. The summed E-state index contributed by atoms with van der Waals surface area (Å²) in [6.07, 6.45) is 0.582. The molecule has 3 aromatic rings. The number of ether oxygens (including phenoxy) is 1. The number of nitrogens with one attached hydrogen (secondary N) is 2. The van der Waals surface area contributed by atoms with Crippen molar-refractivity contribution in [3.05, 3.63) is 95.6 Å². The number of benzene rings is 3. The van der Waals surface area contributed by atoms with Crippen LogP contribution in [0.1, 0.15) is 32.7 Å². The zero-order valence-electron chi connectivity index (χ0n) is 16.5. The standard InChI is InChI=1S/C24H24N2O4/c27-20-10-6-9-18(16-20)23(28)25-14-7-15-26-24(29)22-13-5-4-8-19(22)17-30-21-11-2-1-3-12-21/h1-6,8-13,16,27H,7,14-15,17H2,(H,25,28)(H,26,29). The molecule has 0 aliphatic carbocycles. The Balaban J connectivity index is 1.44. The van der Waals surface area contributed by atoms with Crippen molar-refractivity contribution in [2.75, 3.05) is 13.1 Å². The fourth-order valence-electron chi connectivity index (χ4n) is 2.88. The van der Waals surface area contributed by atoms with Gasteiger partial charge in [-0.25, -0.2) is 0 Å². The molecule has 0 heterocycles. The molecule has 2 amide bonds. The summed E-state index contributed by atoms with van der Waals surface area (Å²) in [5.41, 5.74) is 1.76. The number of aromatic hydroxyl groups is 1. The molecule has 0 bridgehead atoms. The summed E-state index contributed by atoms with van der Waals surface area (Å²) < 4.78 is 5.76. The zero-order valence-corrected chi connectivity index (χ0v) is 16.5. The molecule has 3 N–H and O–H groups in total. The van der Waals surface area contributed by atoms with Gasteiger partial charge in [0.1, 0.15) is 18.1 Å². The first kappa shape index (κ1) is 20.9. The third-order valence-corrected chi connectivity index (χ3v) is 4.43. The summed E-state index contributed by atoms with van der Waals surface area (Å²) in [5.74, 6) is 0.349. The molecule has 3 aromatic carbocycles. The van der Waals surface area contributed by atoms with Gasteiger partial charge in [-0.1, -0.05) is 42.5 Å². The van der Waals surface area contributed by atoms with E-state index in [4.69, 9.17) is 4.74 Å². The van der Waals surface area contributed by atoms with Gasteiger partial charge in [-0.2, -0.15) is 0 Å². The third-order valence-electron chi connectivity index (χ3n) is 4.43. The summed E-state index contributed by atoms with van der Waals surface area (Å²) >= 11 is 0. The number of phenolic OH excluding ortho intramolecular Hbond substituents is 1. The topological polar surface area (TPSA) is 87.7 Å². The second-order valence-corrected chi connectivity index (χ2v) is 6.67. The van der Waals surface area contributed by atoms with Crippen LogP contribution in [-0.4, -0.2) is 30.0 Å². The van der Waals surface area contributed by atoms with Crippen LogP contribution in [-0.2, 0) is 6.61 Å². The number of hydrogen-bond acceptors (Lipinski definition) is 4. The van der Waals surface area contributed by atoms with Crippen LogP contribution in [0.4, 0.5) is 0 Å². The van der Waals surface area contributed by atoms with E-state index in [-0.39, 0.29) is 17.6 Å². The lowest BCUT2D eigenvalue weighted by Crippen LogP contribution is -2.30. The van der Waals surface area contributed by atoms with E-state index in [1.807, 2.05) is 48.5 Å². The largest absolute Gasteiger partial charge is 0.508 e. The summed E-state index contributed by atoms with van der Waals surface area (Å²) in [6, 6.07) is 22.9. The minimum Gasteiger partial charge on any atom is -0.508 e. The zero-order chi connectivity index (χ0) is 21.2. The fourth-order valence-corrected chi connectivity index (χ4v) is 2.88. The molecule has 6 nitrogen and oxygen atoms in total. The summed E-state index contributed by atoms with van der Waals surface area (Å²) in [4.78, 5) is 24.6. The van der Waals surface area contributed by atoms with Gasteiger partial charge < -0.3 is 20.5 Å². The summed E-state index contributed by atoms with van der Waals surface area (Å²) in [5, 5.41) is 15.1. The number of hydrogen-bond donors (Lipinski definition) is 3. The molecular weight excluding hydrogens is 380 g/mol. The lowest BCUT2D eigenvalue weighted by Gasteiger charge is -2.12. The van der Waals surface area contributed by atoms with Gasteiger partial charge in [0.15, 0.2) is 0 Å². The van der Waals surface area contributed by atoms with Crippen LogP contribution in [0.2, 0.25) is 0 Å². The van der Waals surface area contributed by atoms with Crippen molar-refractivity contribution in [1.29, 1.82) is 0 Å². The highest BCUT2D eigenvalue weighted by molar-refractivity contribution is 5.95. The second-order valence-electron chi connectivity index (χ2n) is 6.67. The highest BCUT2D eigenvalue weighted by atomic mass is 16.5. The van der Waals surface area contributed by atoms with Crippen molar-refractivity contribution >= 4 is 11.8 Å². The molecule has 0 spiro atoms. The van der Waals surface area contributed by atoms with E-state index in [0.717, 1.165) is 11.3 Å². The molecule has 154 valence electrons.